The van der Waals surface area contributed by atoms with Crippen LogP contribution in [0.3, 0.4) is 0 Å². The zero-order chi connectivity index (χ0) is 13.7. The molecule has 1 aliphatic heterocycles. The van der Waals surface area contributed by atoms with Gasteiger partial charge in [0, 0.05) is 19.2 Å². The van der Waals surface area contributed by atoms with Gasteiger partial charge in [0.25, 0.3) is 5.91 Å². The first-order valence-corrected chi connectivity index (χ1v) is 6.53. The lowest BCUT2D eigenvalue weighted by atomic mass is 10.1. The Morgan fingerprint density at radius 2 is 2.26 bits per heavy atom. The minimum Gasteiger partial charge on any atom is -0.355 e. The van der Waals surface area contributed by atoms with Crippen molar-refractivity contribution in [2.45, 2.75) is 25.4 Å². The fraction of sp³-hybridized carbons (Fsp3) is 0.429. The van der Waals surface area contributed by atoms with E-state index in [-0.39, 0.29) is 17.9 Å². The minimum atomic E-state index is -0.120. The first-order valence-electron chi connectivity index (χ1n) is 6.53. The lowest BCUT2D eigenvalue weighted by Crippen LogP contribution is -2.40. The van der Waals surface area contributed by atoms with Crippen LogP contribution in [0, 0.1) is 0 Å². The molecule has 1 aromatic rings. The summed E-state index contributed by atoms with van der Waals surface area (Å²) in [6.45, 7) is 1.35. The van der Waals surface area contributed by atoms with Gasteiger partial charge in [0.15, 0.2) is 0 Å². The Morgan fingerprint density at radius 3 is 2.95 bits per heavy atom. The summed E-state index contributed by atoms with van der Waals surface area (Å²) in [7, 11) is 1.60. The molecule has 1 atom stereocenters. The van der Waals surface area contributed by atoms with E-state index in [9.17, 15) is 9.59 Å². The molecule has 1 aliphatic rings. The molecule has 3 N–H and O–H groups in total. The zero-order valence-corrected chi connectivity index (χ0v) is 11.0. The molecule has 1 aromatic carbocycles. The number of amides is 2. The van der Waals surface area contributed by atoms with Gasteiger partial charge in [0.1, 0.15) is 0 Å². The summed E-state index contributed by atoms with van der Waals surface area (Å²) in [4.78, 5) is 23.3. The van der Waals surface area contributed by atoms with E-state index in [0.717, 1.165) is 24.9 Å². The minimum absolute atomic E-state index is 0.0304. The quantitative estimate of drug-likeness (QED) is 0.735. The smallest absolute Gasteiger partial charge is 0.251 e. The molecule has 1 fully saturated rings. The van der Waals surface area contributed by atoms with Crippen molar-refractivity contribution in [1.29, 1.82) is 0 Å². The van der Waals surface area contributed by atoms with Crippen LogP contribution in [0.4, 0.5) is 0 Å². The lowest BCUT2D eigenvalue weighted by Gasteiger charge is -2.11. The van der Waals surface area contributed by atoms with Crippen LogP contribution in [0.25, 0.3) is 0 Å². The van der Waals surface area contributed by atoms with E-state index in [2.05, 4.69) is 16.0 Å². The van der Waals surface area contributed by atoms with Crippen LogP contribution in [0.1, 0.15) is 28.8 Å². The van der Waals surface area contributed by atoms with E-state index >= 15 is 0 Å². The van der Waals surface area contributed by atoms with Crippen molar-refractivity contribution in [3.8, 4) is 0 Å². The molecule has 102 valence electrons. The molecule has 0 radical (unpaired) electrons. The van der Waals surface area contributed by atoms with Gasteiger partial charge in [0.05, 0.1) is 6.04 Å². The second-order valence-electron chi connectivity index (χ2n) is 4.65. The average molecular weight is 261 g/mol. The molecular weight excluding hydrogens is 242 g/mol. The van der Waals surface area contributed by atoms with Crippen molar-refractivity contribution in [2.24, 2.45) is 0 Å². The number of hydrogen-bond donors (Lipinski definition) is 3. The van der Waals surface area contributed by atoms with Crippen LogP contribution >= 0.6 is 0 Å². The number of rotatable bonds is 4. The molecule has 2 rings (SSSR count). The Balaban J connectivity index is 1.92. The highest BCUT2D eigenvalue weighted by molar-refractivity contribution is 5.94. The first kappa shape index (κ1) is 13.5. The van der Waals surface area contributed by atoms with Gasteiger partial charge in [-0.2, -0.15) is 0 Å². The molecular formula is C14H19N3O2. The zero-order valence-electron chi connectivity index (χ0n) is 11.0. The Hall–Kier alpha value is -1.88. The Kier molecular flexibility index (Phi) is 4.52. The van der Waals surface area contributed by atoms with Gasteiger partial charge in [-0.3, -0.25) is 9.59 Å². The van der Waals surface area contributed by atoms with Gasteiger partial charge in [-0.1, -0.05) is 12.1 Å². The molecule has 0 aromatic heterocycles. The normalized spacial score (nSPS) is 18.1. The maximum Gasteiger partial charge on any atom is 0.251 e. The summed E-state index contributed by atoms with van der Waals surface area (Å²) < 4.78 is 0. The highest BCUT2D eigenvalue weighted by atomic mass is 16.2. The van der Waals surface area contributed by atoms with E-state index < -0.39 is 0 Å². The lowest BCUT2D eigenvalue weighted by molar-refractivity contribution is -0.122. The predicted octanol–water partition coefficient (Wildman–Crippen LogP) is 0.414. The first-order chi connectivity index (χ1) is 9.20. The number of carbonyl (C=O) groups excluding carboxylic acids is 2. The van der Waals surface area contributed by atoms with E-state index in [1.807, 2.05) is 12.1 Å². The number of benzene rings is 1. The van der Waals surface area contributed by atoms with Crippen LogP contribution in [-0.2, 0) is 11.3 Å². The van der Waals surface area contributed by atoms with E-state index in [1.165, 1.54) is 0 Å². The standard InChI is InChI=1S/C14H19N3O2/c1-15-13(18)11-5-2-4-10(8-11)9-17-14(19)12-6-3-7-16-12/h2,4-5,8,12,16H,3,6-7,9H2,1H3,(H,15,18)(H,17,19). The molecule has 1 heterocycles. The van der Waals surface area contributed by atoms with Crippen molar-refractivity contribution < 1.29 is 9.59 Å². The van der Waals surface area contributed by atoms with E-state index in [4.69, 9.17) is 0 Å². The van der Waals surface area contributed by atoms with Gasteiger partial charge in [0.2, 0.25) is 5.91 Å². The largest absolute Gasteiger partial charge is 0.355 e. The summed E-state index contributed by atoms with van der Waals surface area (Å²) in [5.74, 6) is -0.0894. The number of hydrogen-bond acceptors (Lipinski definition) is 3. The Bertz CT molecular complexity index is 468. The SMILES string of the molecule is CNC(=O)c1cccc(CNC(=O)C2CCCN2)c1. The van der Waals surface area contributed by atoms with E-state index in [0.29, 0.717) is 12.1 Å². The number of nitrogens with one attached hydrogen (secondary N) is 3. The summed E-state index contributed by atoms with van der Waals surface area (Å²) in [6.07, 6.45) is 1.94. The molecule has 19 heavy (non-hydrogen) atoms. The third-order valence-electron chi connectivity index (χ3n) is 3.26. The molecule has 0 saturated carbocycles. The van der Waals surface area contributed by atoms with Crippen LogP contribution in [-0.4, -0.2) is 31.4 Å². The molecule has 0 bridgehead atoms. The fourth-order valence-corrected chi connectivity index (χ4v) is 2.19. The van der Waals surface area contributed by atoms with Crippen LogP contribution < -0.4 is 16.0 Å². The van der Waals surface area contributed by atoms with Crippen molar-refractivity contribution in [1.82, 2.24) is 16.0 Å². The van der Waals surface area contributed by atoms with Crippen LogP contribution in [0.2, 0.25) is 0 Å². The number of carbonyl (C=O) groups is 2. The van der Waals surface area contributed by atoms with Crippen LogP contribution in [0.5, 0.6) is 0 Å². The molecule has 0 spiro atoms. The second-order valence-corrected chi connectivity index (χ2v) is 4.65. The van der Waals surface area contributed by atoms with Crippen molar-refractivity contribution >= 4 is 11.8 Å². The molecule has 5 heteroatoms. The summed E-state index contributed by atoms with van der Waals surface area (Å²) in [5.41, 5.74) is 1.53. The van der Waals surface area contributed by atoms with Crippen molar-refractivity contribution in [2.75, 3.05) is 13.6 Å². The molecule has 1 unspecified atom stereocenters. The monoisotopic (exact) mass is 261 g/mol. The summed E-state index contributed by atoms with van der Waals surface area (Å²) >= 11 is 0. The maximum atomic E-state index is 11.8. The highest BCUT2D eigenvalue weighted by Gasteiger charge is 2.21. The van der Waals surface area contributed by atoms with Gasteiger partial charge in [-0.05, 0) is 37.1 Å². The molecule has 0 aliphatic carbocycles. The highest BCUT2D eigenvalue weighted by Crippen LogP contribution is 2.07. The van der Waals surface area contributed by atoms with Gasteiger partial charge < -0.3 is 16.0 Å². The average Bonchev–Trinajstić information content (AvgIpc) is 2.98. The third-order valence-corrected chi connectivity index (χ3v) is 3.26. The van der Waals surface area contributed by atoms with Crippen LogP contribution in [0.15, 0.2) is 24.3 Å². The van der Waals surface area contributed by atoms with Crippen molar-refractivity contribution in [3.63, 3.8) is 0 Å². The molecule has 5 nitrogen and oxygen atoms in total. The van der Waals surface area contributed by atoms with Gasteiger partial charge in [-0.15, -0.1) is 0 Å². The molecule has 2 amide bonds. The summed E-state index contributed by atoms with van der Waals surface area (Å²) in [6, 6.07) is 7.19. The topological polar surface area (TPSA) is 70.2 Å². The Labute approximate surface area is 112 Å². The van der Waals surface area contributed by atoms with E-state index in [1.54, 1.807) is 19.2 Å². The Morgan fingerprint density at radius 1 is 1.42 bits per heavy atom. The molecule has 1 saturated heterocycles. The fourth-order valence-electron chi connectivity index (χ4n) is 2.19. The third kappa shape index (κ3) is 3.54. The van der Waals surface area contributed by atoms with Gasteiger partial charge in [-0.25, -0.2) is 0 Å². The maximum absolute atomic E-state index is 11.8. The second kappa shape index (κ2) is 6.33. The predicted molar refractivity (Wildman–Crippen MR) is 72.7 cm³/mol. The summed E-state index contributed by atoms with van der Waals surface area (Å²) in [5, 5.41) is 8.63. The van der Waals surface area contributed by atoms with Crippen molar-refractivity contribution in [3.05, 3.63) is 35.4 Å². The van der Waals surface area contributed by atoms with Gasteiger partial charge >= 0.3 is 0 Å².